The Bertz CT molecular complexity index is 367. The van der Waals surface area contributed by atoms with Crippen LogP contribution >= 0.6 is 0 Å². The fourth-order valence-corrected chi connectivity index (χ4v) is 1.31. The Kier molecular flexibility index (Phi) is 11.5. The maximum absolute atomic E-state index is 3.92. The number of hydrogen-bond donors (Lipinski definition) is 0. The van der Waals surface area contributed by atoms with Crippen LogP contribution in [-0.4, -0.2) is 30.0 Å². The molecule has 2 aromatic heterocycles. The van der Waals surface area contributed by atoms with Gasteiger partial charge in [-0.1, -0.05) is 39.1 Å². The van der Waals surface area contributed by atoms with Gasteiger partial charge in [0, 0.05) is 25.5 Å². The molecule has 0 amide bonds. The molecule has 0 aliphatic heterocycles. The third kappa shape index (κ3) is 6.45. The van der Waals surface area contributed by atoms with E-state index < -0.39 is 0 Å². The van der Waals surface area contributed by atoms with Crippen LogP contribution in [0.4, 0.5) is 0 Å². The van der Waals surface area contributed by atoms with Gasteiger partial charge in [0.25, 0.3) is 0 Å². The molecule has 0 aromatic carbocycles. The average molecular weight is 282 g/mol. The van der Waals surface area contributed by atoms with Crippen LogP contribution in [0.2, 0.25) is 0 Å². The number of hydrogen-bond acceptors (Lipinski definition) is 4. The van der Waals surface area contributed by atoms with Crippen molar-refractivity contribution in [2.75, 3.05) is 0 Å². The monoisotopic (exact) mass is 282 g/mol. The Morgan fingerprint density at radius 3 is 1.25 bits per heavy atom. The van der Waals surface area contributed by atoms with Crippen molar-refractivity contribution in [3.8, 4) is 0 Å². The Labute approximate surface area is 123 Å². The second kappa shape index (κ2) is 11.1. The first kappa shape index (κ1) is 20.6. The average Bonchev–Trinajstić information content (AvgIpc) is 3.07. The minimum Gasteiger partial charge on any atom is -0.253 e. The predicted molar refractivity (Wildman–Crippen MR) is 83.6 cm³/mol. The van der Waals surface area contributed by atoms with E-state index in [0.717, 1.165) is 37.3 Å². The van der Waals surface area contributed by atoms with Crippen LogP contribution in [0.1, 0.15) is 53.9 Å². The fourth-order valence-electron chi connectivity index (χ4n) is 1.31. The molecule has 6 heteroatoms. The van der Waals surface area contributed by atoms with Gasteiger partial charge in [0.15, 0.2) is 0 Å². The first-order chi connectivity index (χ1) is 8.73. The van der Waals surface area contributed by atoms with E-state index >= 15 is 0 Å². The van der Waals surface area contributed by atoms with E-state index in [9.17, 15) is 0 Å². The van der Waals surface area contributed by atoms with Crippen LogP contribution in [0, 0.1) is 0 Å². The highest BCUT2D eigenvalue weighted by molar-refractivity contribution is 4.90. The molecular formula is C14H30N6. The minimum absolute atomic E-state index is 0. The Balaban J connectivity index is 0. The zero-order chi connectivity index (χ0) is 13.4. The molecule has 0 aliphatic rings. The van der Waals surface area contributed by atoms with Crippen molar-refractivity contribution in [2.24, 2.45) is 0 Å². The molecule has 0 fully saturated rings. The second-order valence-corrected chi connectivity index (χ2v) is 3.84. The Hall–Kier alpha value is -1.72. The molecule has 0 unspecified atom stereocenters. The highest BCUT2D eigenvalue weighted by atomic mass is 15.4. The molecule has 0 aliphatic carbocycles. The summed E-state index contributed by atoms with van der Waals surface area (Å²) in [5.41, 5.74) is 2.13. The largest absolute Gasteiger partial charge is 0.253 e. The molecule has 0 radical (unpaired) electrons. The summed E-state index contributed by atoms with van der Waals surface area (Å²) in [5, 5.41) is 15.6. The van der Waals surface area contributed by atoms with Crippen molar-refractivity contribution in [2.45, 2.75) is 68.5 Å². The summed E-state index contributed by atoms with van der Waals surface area (Å²) in [5.74, 6) is 0. The molecular weight excluding hydrogens is 252 g/mol. The summed E-state index contributed by atoms with van der Waals surface area (Å²) < 4.78 is 3.66. The van der Waals surface area contributed by atoms with Crippen molar-refractivity contribution in [3.05, 3.63) is 23.8 Å². The zero-order valence-electron chi connectivity index (χ0n) is 11.7. The maximum Gasteiger partial charge on any atom is 0.0824 e. The number of nitrogens with zero attached hydrogens (tertiary/aromatic N) is 6. The SMILES string of the molecule is C.C.CCc1cn(CC)nn1.CCc1cn(CC)nn1. The van der Waals surface area contributed by atoms with Gasteiger partial charge < -0.3 is 0 Å². The summed E-state index contributed by atoms with van der Waals surface area (Å²) in [6.07, 6.45) is 5.89. The molecule has 20 heavy (non-hydrogen) atoms. The van der Waals surface area contributed by atoms with E-state index in [4.69, 9.17) is 0 Å². The molecule has 2 rings (SSSR count). The molecule has 6 nitrogen and oxygen atoms in total. The van der Waals surface area contributed by atoms with Gasteiger partial charge in [-0.15, -0.1) is 10.2 Å². The number of rotatable bonds is 4. The van der Waals surface area contributed by atoms with Crippen LogP contribution in [0.5, 0.6) is 0 Å². The van der Waals surface area contributed by atoms with Crippen molar-refractivity contribution in [1.29, 1.82) is 0 Å². The van der Waals surface area contributed by atoms with Gasteiger partial charge in [0.1, 0.15) is 0 Å². The third-order valence-corrected chi connectivity index (χ3v) is 2.54. The highest BCUT2D eigenvalue weighted by Crippen LogP contribution is 1.92. The van der Waals surface area contributed by atoms with E-state index in [1.807, 2.05) is 35.6 Å². The maximum atomic E-state index is 3.92. The summed E-state index contributed by atoms with van der Waals surface area (Å²) in [4.78, 5) is 0. The summed E-state index contributed by atoms with van der Waals surface area (Å²) >= 11 is 0. The van der Waals surface area contributed by atoms with Crippen molar-refractivity contribution in [1.82, 2.24) is 30.0 Å². The first-order valence-corrected chi connectivity index (χ1v) is 6.51. The lowest BCUT2D eigenvalue weighted by Gasteiger charge is -1.86. The van der Waals surface area contributed by atoms with Gasteiger partial charge in [-0.25, -0.2) is 0 Å². The van der Waals surface area contributed by atoms with E-state index in [0.29, 0.717) is 0 Å². The van der Waals surface area contributed by atoms with Crippen molar-refractivity contribution >= 4 is 0 Å². The molecule has 0 bridgehead atoms. The standard InChI is InChI=1S/2C6H11N3.2CH4/c2*1-3-6-5-9(4-2)8-7-6;;/h2*5H,3-4H2,1-2H3;2*1H4. The zero-order valence-corrected chi connectivity index (χ0v) is 11.7. The highest BCUT2D eigenvalue weighted by Gasteiger charge is 1.93. The minimum atomic E-state index is 0. The predicted octanol–water partition coefficient (Wildman–Crippen LogP) is 2.99. The lowest BCUT2D eigenvalue weighted by molar-refractivity contribution is 0.626. The quantitative estimate of drug-likeness (QED) is 0.865. The Morgan fingerprint density at radius 2 is 1.10 bits per heavy atom. The third-order valence-electron chi connectivity index (χ3n) is 2.54. The molecule has 2 aromatic rings. The lowest BCUT2D eigenvalue weighted by Crippen LogP contribution is -1.93. The molecule has 2 heterocycles. The van der Waals surface area contributed by atoms with Gasteiger partial charge >= 0.3 is 0 Å². The van der Waals surface area contributed by atoms with Crippen LogP contribution in [0.25, 0.3) is 0 Å². The molecule has 0 atom stereocenters. The Morgan fingerprint density at radius 1 is 0.750 bits per heavy atom. The van der Waals surface area contributed by atoms with Gasteiger partial charge in [-0.2, -0.15) is 0 Å². The summed E-state index contributed by atoms with van der Waals surface area (Å²) in [6.45, 7) is 10.1. The number of aryl methyl sites for hydroxylation is 4. The van der Waals surface area contributed by atoms with Gasteiger partial charge in [-0.3, -0.25) is 9.36 Å². The van der Waals surface area contributed by atoms with Crippen LogP contribution in [0.15, 0.2) is 12.4 Å². The normalized spacial score (nSPS) is 9.00. The van der Waals surface area contributed by atoms with E-state index in [2.05, 4.69) is 34.5 Å². The van der Waals surface area contributed by atoms with Gasteiger partial charge in [-0.05, 0) is 26.7 Å². The van der Waals surface area contributed by atoms with Crippen molar-refractivity contribution in [3.63, 3.8) is 0 Å². The smallest absolute Gasteiger partial charge is 0.0824 e. The fraction of sp³-hybridized carbons (Fsp3) is 0.714. The summed E-state index contributed by atoms with van der Waals surface area (Å²) in [7, 11) is 0. The molecule has 0 N–H and O–H groups in total. The van der Waals surface area contributed by atoms with Gasteiger partial charge in [0.05, 0.1) is 11.4 Å². The van der Waals surface area contributed by atoms with Crippen LogP contribution < -0.4 is 0 Å². The number of aromatic nitrogens is 6. The first-order valence-electron chi connectivity index (χ1n) is 6.51. The molecule has 0 spiro atoms. The molecule has 0 saturated carbocycles. The van der Waals surface area contributed by atoms with Gasteiger partial charge in [0.2, 0.25) is 0 Å². The lowest BCUT2D eigenvalue weighted by atomic mass is 10.4. The van der Waals surface area contributed by atoms with Crippen LogP contribution in [0.3, 0.4) is 0 Å². The van der Waals surface area contributed by atoms with Crippen LogP contribution in [-0.2, 0) is 25.9 Å². The topological polar surface area (TPSA) is 61.4 Å². The molecule has 116 valence electrons. The van der Waals surface area contributed by atoms with Crippen molar-refractivity contribution < 1.29 is 0 Å². The van der Waals surface area contributed by atoms with E-state index in [1.54, 1.807) is 0 Å². The molecule has 0 saturated heterocycles. The van der Waals surface area contributed by atoms with E-state index in [-0.39, 0.29) is 14.9 Å². The second-order valence-electron chi connectivity index (χ2n) is 3.84. The summed E-state index contributed by atoms with van der Waals surface area (Å²) in [6, 6.07) is 0. The van der Waals surface area contributed by atoms with E-state index in [1.165, 1.54) is 0 Å².